The van der Waals surface area contributed by atoms with Crippen LogP contribution in [0.3, 0.4) is 0 Å². The van der Waals surface area contributed by atoms with Gasteiger partial charge in [-0.05, 0) is 18.9 Å². The Morgan fingerprint density at radius 3 is 2.95 bits per heavy atom. The summed E-state index contributed by atoms with van der Waals surface area (Å²) in [4.78, 5) is 11.7. The Hall–Kier alpha value is -1.26. The van der Waals surface area contributed by atoms with Gasteiger partial charge >= 0.3 is 0 Å². The number of amides is 1. The molecule has 106 valence electrons. The van der Waals surface area contributed by atoms with Crippen molar-refractivity contribution in [3.05, 3.63) is 29.3 Å². The van der Waals surface area contributed by atoms with Crippen LogP contribution in [-0.4, -0.2) is 18.6 Å². The fourth-order valence-electron chi connectivity index (χ4n) is 2.22. The van der Waals surface area contributed by atoms with Gasteiger partial charge in [0.25, 0.3) is 0 Å². The number of carbonyl (C=O) groups excluding carboxylic acids is 1. The molecule has 2 atom stereocenters. The molecule has 2 rings (SSSR count). The smallest absolute Gasteiger partial charge is 0.237 e. The van der Waals surface area contributed by atoms with Crippen LogP contribution in [0.15, 0.2) is 18.2 Å². The molecule has 1 unspecified atom stereocenters. The van der Waals surface area contributed by atoms with Crippen molar-refractivity contribution in [1.82, 2.24) is 5.32 Å². The van der Waals surface area contributed by atoms with Crippen molar-refractivity contribution in [2.75, 3.05) is 6.61 Å². The monoisotopic (exact) mass is 284 g/mol. The van der Waals surface area contributed by atoms with Crippen LogP contribution in [-0.2, 0) is 11.2 Å². The number of carbonyl (C=O) groups is 1. The Balaban J connectivity index is 0.00000180. The molecule has 0 bridgehead atoms. The van der Waals surface area contributed by atoms with E-state index in [4.69, 9.17) is 10.5 Å². The molecule has 0 spiro atoms. The first kappa shape index (κ1) is 15.8. The number of nitrogens with one attached hydrogen (secondary N) is 1. The molecule has 0 aliphatic carbocycles. The number of aryl methyl sites for hydroxylation is 1. The van der Waals surface area contributed by atoms with Crippen LogP contribution in [0, 0.1) is 0 Å². The molecule has 0 saturated heterocycles. The fraction of sp³-hybridized carbons (Fsp3) is 0.500. The number of hydrogen-bond donors (Lipinski definition) is 2. The van der Waals surface area contributed by atoms with Crippen molar-refractivity contribution in [3.63, 3.8) is 0 Å². The molecule has 1 aliphatic rings. The fourth-order valence-corrected chi connectivity index (χ4v) is 2.22. The van der Waals surface area contributed by atoms with E-state index in [-0.39, 0.29) is 24.4 Å². The number of halogens is 1. The van der Waals surface area contributed by atoms with Crippen LogP contribution in [0.25, 0.3) is 0 Å². The van der Waals surface area contributed by atoms with Crippen molar-refractivity contribution in [2.24, 2.45) is 5.73 Å². The molecular formula is C14H21ClN2O2. The number of nitrogens with two attached hydrogens (primary N) is 1. The maximum atomic E-state index is 11.7. The van der Waals surface area contributed by atoms with E-state index in [2.05, 4.69) is 18.3 Å². The lowest BCUT2D eigenvalue weighted by molar-refractivity contribution is -0.122. The van der Waals surface area contributed by atoms with Crippen molar-refractivity contribution in [1.29, 1.82) is 0 Å². The van der Waals surface area contributed by atoms with E-state index >= 15 is 0 Å². The number of ether oxygens (including phenoxy) is 1. The standard InChI is InChI=1S/C14H20N2O2.ClH/c1-3-10-5-4-6-11-12(7-8-18-13(10)11)16-14(17)9(2)15;/h4-6,9,12H,3,7-8,15H2,1-2H3,(H,16,17);1H/t9-,12?;/m1./s1. The van der Waals surface area contributed by atoms with Gasteiger partial charge in [-0.1, -0.05) is 25.1 Å². The summed E-state index contributed by atoms with van der Waals surface area (Å²) in [6.45, 7) is 4.43. The van der Waals surface area contributed by atoms with Crippen molar-refractivity contribution in [3.8, 4) is 5.75 Å². The number of benzene rings is 1. The Morgan fingerprint density at radius 2 is 2.32 bits per heavy atom. The van der Waals surface area contributed by atoms with Crippen LogP contribution >= 0.6 is 12.4 Å². The molecular weight excluding hydrogens is 264 g/mol. The van der Waals surface area contributed by atoms with Gasteiger partial charge in [0.2, 0.25) is 5.91 Å². The lowest BCUT2D eigenvalue weighted by Crippen LogP contribution is -2.41. The van der Waals surface area contributed by atoms with Gasteiger partial charge in [-0.2, -0.15) is 0 Å². The molecule has 0 aromatic heterocycles. The van der Waals surface area contributed by atoms with E-state index in [1.54, 1.807) is 6.92 Å². The van der Waals surface area contributed by atoms with Crippen LogP contribution in [0.2, 0.25) is 0 Å². The van der Waals surface area contributed by atoms with Gasteiger partial charge in [-0.3, -0.25) is 4.79 Å². The molecule has 5 heteroatoms. The summed E-state index contributed by atoms with van der Waals surface area (Å²) in [5.41, 5.74) is 7.84. The zero-order chi connectivity index (χ0) is 13.1. The van der Waals surface area contributed by atoms with Gasteiger partial charge in [0.1, 0.15) is 5.75 Å². The Morgan fingerprint density at radius 1 is 1.58 bits per heavy atom. The summed E-state index contributed by atoms with van der Waals surface area (Å²) >= 11 is 0. The predicted molar refractivity (Wildman–Crippen MR) is 77.7 cm³/mol. The van der Waals surface area contributed by atoms with E-state index in [1.165, 1.54) is 5.56 Å². The van der Waals surface area contributed by atoms with E-state index in [0.717, 1.165) is 24.2 Å². The average Bonchev–Trinajstić information content (AvgIpc) is 2.38. The van der Waals surface area contributed by atoms with E-state index in [1.807, 2.05) is 12.1 Å². The molecule has 1 amide bonds. The van der Waals surface area contributed by atoms with Crippen LogP contribution < -0.4 is 15.8 Å². The Bertz CT molecular complexity index is 449. The lowest BCUT2D eigenvalue weighted by Gasteiger charge is -2.28. The van der Waals surface area contributed by atoms with Gasteiger partial charge in [0.15, 0.2) is 0 Å². The molecule has 1 aromatic rings. The van der Waals surface area contributed by atoms with Crippen molar-refractivity contribution >= 4 is 18.3 Å². The van der Waals surface area contributed by atoms with Crippen LogP contribution in [0.4, 0.5) is 0 Å². The normalized spacial score (nSPS) is 18.6. The minimum atomic E-state index is -0.481. The maximum Gasteiger partial charge on any atom is 0.237 e. The highest BCUT2D eigenvalue weighted by Crippen LogP contribution is 2.35. The summed E-state index contributed by atoms with van der Waals surface area (Å²) in [6.07, 6.45) is 1.72. The molecule has 0 fully saturated rings. The molecule has 19 heavy (non-hydrogen) atoms. The third-order valence-electron chi connectivity index (χ3n) is 3.27. The first-order valence-corrected chi connectivity index (χ1v) is 6.44. The molecule has 0 saturated carbocycles. The zero-order valence-electron chi connectivity index (χ0n) is 11.3. The van der Waals surface area contributed by atoms with E-state index in [0.29, 0.717) is 6.61 Å². The predicted octanol–water partition coefficient (Wildman–Crippen LogP) is 1.96. The maximum absolute atomic E-state index is 11.7. The lowest BCUT2D eigenvalue weighted by atomic mass is 9.96. The number of para-hydroxylation sites is 1. The van der Waals surface area contributed by atoms with Gasteiger partial charge in [-0.25, -0.2) is 0 Å². The second-order valence-corrected chi connectivity index (χ2v) is 4.68. The summed E-state index contributed by atoms with van der Waals surface area (Å²) in [5.74, 6) is 0.816. The summed E-state index contributed by atoms with van der Waals surface area (Å²) < 4.78 is 5.74. The number of rotatable bonds is 3. The number of fused-ring (bicyclic) bond motifs is 1. The van der Waals surface area contributed by atoms with Crippen molar-refractivity contribution < 1.29 is 9.53 Å². The van der Waals surface area contributed by atoms with Crippen LogP contribution in [0.1, 0.15) is 37.4 Å². The molecule has 1 heterocycles. The third kappa shape index (κ3) is 3.39. The van der Waals surface area contributed by atoms with Gasteiger partial charge < -0.3 is 15.8 Å². The second-order valence-electron chi connectivity index (χ2n) is 4.68. The highest BCUT2D eigenvalue weighted by Gasteiger charge is 2.25. The summed E-state index contributed by atoms with van der Waals surface area (Å²) in [6, 6.07) is 5.62. The van der Waals surface area contributed by atoms with Gasteiger partial charge in [0, 0.05) is 12.0 Å². The molecule has 1 aromatic carbocycles. The highest BCUT2D eigenvalue weighted by atomic mass is 35.5. The van der Waals surface area contributed by atoms with E-state index in [9.17, 15) is 4.79 Å². The average molecular weight is 285 g/mol. The molecule has 4 nitrogen and oxygen atoms in total. The second kappa shape index (κ2) is 6.78. The quantitative estimate of drug-likeness (QED) is 0.892. The SMILES string of the molecule is CCc1cccc2c1OCCC2NC(=O)[C@@H](C)N.Cl. The molecule has 3 N–H and O–H groups in total. The topological polar surface area (TPSA) is 64.3 Å². The summed E-state index contributed by atoms with van der Waals surface area (Å²) in [7, 11) is 0. The number of hydrogen-bond acceptors (Lipinski definition) is 3. The van der Waals surface area contributed by atoms with Crippen LogP contribution in [0.5, 0.6) is 5.75 Å². The molecule has 0 radical (unpaired) electrons. The zero-order valence-corrected chi connectivity index (χ0v) is 12.1. The highest BCUT2D eigenvalue weighted by molar-refractivity contribution is 5.85. The minimum absolute atomic E-state index is 0. The van der Waals surface area contributed by atoms with Gasteiger partial charge in [0.05, 0.1) is 18.7 Å². The largest absolute Gasteiger partial charge is 0.493 e. The van der Waals surface area contributed by atoms with Gasteiger partial charge in [-0.15, -0.1) is 12.4 Å². The molecule has 1 aliphatic heterocycles. The Labute approximate surface area is 120 Å². The van der Waals surface area contributed by atoms with Crippen molar-refractivity contribution in [2.45, 2.75) is 38.8 Å². The van der Waals surface area contributed by atoms with E-state index < -0.39 is 6.04 Å². The summed E-state index contributed by atoms with van der Waals surface area (Å²) in [5, 5.41) is 2.98. The first-order valence-electron chi connectivity index (χ1n) is 6.44. The third-order valence-corrected chi connectivity index (χ3v) is 3.27. The Kier molecular flexibility index (Phi) is 5.63. The minimum Gasteiger partial charge on any atom is -0.493 e. The first-order chi connectivity index (χ1) is 8.63.